The maximum Gasteiger partial charge on any atom is 0.586 e. The molecule has 0 amide bonds. The monoisotopic (exact) mass is 228 g/mol. The molecule has 1 unspecified atom stereocenters. The second-order valence-electron chi connectivity index (χ2n) is 3.44. The number of aliphatic hydroxyl groups is 1. The predicted molar refractivity (Wildman–Crippen MR) is 53.4 cm³/mol. The van der Waals surface area contributed by atoms with Crippen LogP contribution in [0.2, 0.25) is 0 Å². The topological polar surface area (TPSA) is 38.7 Å². The quantitative estimate of drug-likeness (QED) is 0.845. The summed E-state index contributed by atoms with van der Waals surface area (Å²) in [5.41, 5.74) is 0.791. The van der Waals surface area contributed by atoms with Crippen molar-refractivity contribution in [1.29, 1.82) is 0 Å². The van der Waals surface area contributed by atoms with Crippen LogP contribution < -0.4 is 9.47 Å². The van der Waals surface area contributed by atoms with Gasteiger partial charge in [0.05, 0.1) is 6.10 Å². The molecule has 1 N–H and O–H groups in total. The molecular weight excluding hydrogens is 218 g/mol. The first-order valence-electron chi connectivity index (χ1n) is 4.68. The van der Waals surface area contributed by atoms with E-state index in [0.29, 0.717) is 5.56 Å². The van der Waals surface area contributed by atoms with Crippen LogP contribution in [0.3, 0.4) is 0 Å². The zero-order chi connectivity index (χ0) is 11.9. The summed E-state index contributed by atoms with van der Waals surface area (Å²) in [4.78, 5) is 0. The molecular formula is C11H10F2O3. The number of hydrogen-bond donors (Lipinski definition) is 1. The van der Waals surface area contributed by atoms with E-state index in [1.54, 1.807) is 6.07 Å². The second-order valence-corrected chi connectivity index (χ2v) is 3.44. The minimum absolute atomic E-state index is 0.0773. The maximum absolute atomic E-state index is 12.9. The highest BCUT2D eigenvalue weighted by atomic mass is 19.3. The molecule has 2 rings (SSSR count). The van der Waals surface area contributed by atoms with Crippen molar-refractivity contribution in [1.82, 2.24) is 0 Å². The number of ether oxygens (including phenoxy) is 2. The van der Waals surface area contributed by atoms with Gasteiger partial charge in [0.1, 0.15) is 0 Å². The normalized spacial score (nSPS) is 18.2. The Bertz CT molecular complexity index is 441. The first kappa shape index (κ1) is 10.9. The molecule has 0 aromatic heterocycles. The molecule has 1 aliphatic heterocycles. The van der Waals surface area contributed by atoms with Crippen molar-refractivity contribution in [3.63, 3.8) is 0 Å². The molecule has 0 spiro atoms. The molecule has 1 atom stereocenters. The number of fused-ring (bicyclic) bond motifs is 1. The van der Waals surface area contributed by atoms with E-state index >= 15 is 0 Å². The summed E-state index contributed by atoms with van der Waals surface area (Å²) in [5, 5.41) is 9.54. The van der Waals surface area contributed by atoms with Crippen LogP contribution in [-0.4, -0.2) is 11.4 Å². The van der Waals surface area contributed by atoms with Crippen molar-refractivity contribution in [3.8, 4) is 11.5 Å². The lowest BCUT2D eigenvalue weighted by molar-refractivity contribution is -0.287. The van der Waals surface area contributed by atoms with Gasteiger partial charge < -0.3 is 14.6 Å². The van der Waals surface area contributed by atoms with E-state index in [0.717, 1.165) is 0 Å². The highest BCUT2D eigenvalue weighted by molar-refractivity contribution is 5.62. The highest BCUT2D eigenvalue weighted by Gasteiger charge is 2.45. The molecule has 3 nitrogen and oxygen atoms in total. The van der Waals surface area contributed by atoms with Crippen molar-refractivity contribution in [3.05, 3.63) is 29.8 Å². The largest absolute Gasteiger partial charge is 0.586 e. The lowest BCUT2D eigenvalue weighted by atomic mass is 10.0. The van der Waals surface area contributed by atoms with Crippen molar-refractivity contribution >= 4 is 6.08 Å². The summed E-state index contributed by atoms with van der Waals surface area (Å²) >= 11 is 0. The number of aliphatic hydroxyl groups excluding tert-OH is 1. The molecule has 0 saturated carbocycles. The van der Waals surface area contributed by atoms with Crippen LogP contribution in [0.25, 0.3) is 6.08 Å². The minimum atomic E-state index is -3.67. The lowest BCUT2D eigenvalue weighted by Crippen LogP contribution is -2.26. The summed E-state index contributed by atoms with van der Waals surface area (Å²) in [6, 6.07) is 2.90. The van der Waals surface area contributed by atoms with E-state index in [4.69, 9.17) is 0 Å². The van der Waals surface area contributed by atoms with Crippen molar-refractivity contribution < 1.29 is 23.4 Å². The molecule has 86 valence electrons. The van der Waals surface area contributed by atoms with E-state index in [1.165, 1.54) is 19.1 Å². The SMILES string of the molecule is C=Cc1ccc2c(c1C(C)O)OC(F)(F)O2. The molecule has 0 bridgehead atoms. The Morgan fingerprint density at radius 1 is 1.44 bits per heavy atom. The first-order chi connectivity index (χ1) is 7.44. The zero-order valence-corrected chi connectivity index (χ0v) is 8.54. The predicted octanol–water partition coefficient (Wildman–Crippen LogP) is 2.70. The van der Waals surface area contributed by atoms with Crippen molar-refractivity contribution in [2.45, 2.75) is 19.3 Å². The third-order valence-electron chi connectivity index (χ3n) is 2.28. The first-order valence-corrected chi connectivity index (χ1v) is 4.68. The molecule has 1 aromatic carbocycles. The van der Waals surface area contributed by atoms with Gasteiger partial charge >= 0.3 is 6.29 Å². The van der Waals surface area contributed by atoms with Crippen LogP contribution in [0.15, 0.2) is 18.7 Å². The van der Waals surface area contributed by atoms with Crippen LogP contribution in [0.4, 0.5) is 8.78 Å². The van der Waals surface area contributed by atoms with Gasteiger partial charge in [0.15, 0.2) is 11.5 Å². The van der Waals surface area contributed by atoms with E-state index in [9.17, 15) is 13.9 Å². The van der Waals surface area contributed by atoms with Gasteiger partial charge in [-0.1, -0.05) is 18.7 Å². The Morgan fingerprint density at radius 2 is 2.12 bits per heavy atom. The fourth-order valence-corrected chi connectivity index (χ4v) is 1.66. The summed E-state index contributed by atoms with van der Waals surface area (Å²) in [7, 11) is 0. The van der Waals surface area contributed by atoms with Gasteiger partial charge in [-0.25, -0.2) is 0 Å². The summed E-state index contributed by atoms with van der Waals surface area (Å²) in [5.74, 6) is -0.205. The molecule has 5 heteroatoms. The van der Waals surface area contributed by atoms with Crippen LogP contribution in [0, 0.1) is 0 Å². The molecule has 0 fully saturated rings. The number of rotatable bonds is 2. The minimum Gasteiger partial charge on any atom is -0.395 e. The number of benzene rings is 1. The van der Waals surface area contributed by atoms with Crippen LogP contribution in [0.1, 0.15) is 24.2 Å². The molecule has 0 aliphatic carbocycles. The standard InChI is InChI=1S/C11H10F2O3/c1-3-7-4-5-8-10(9(7)6(2)14)16-11(12,13)15-8/h3-6,14H,1H2,2H3. The number of alkyl halides is 2. The fraction of sp³-hybridized carbons (Fsp3) is 0.273. The molecule has 0 saturated heterocycles. The van der Waals surface area contributed by atoms with E-state index in [1.807, 2.05) is 0 Å². The molecule has 1 aliphatic rings. The lowest BCUT2D eigenvalue weighted by Gasteiger charge is -2.12. The van der Waals surface area contributed by atoms with Crippen LogP contribution in [-0.2, 0) is 0 Å². The van der Waals surface area contributed by atoms with Gasteiger partial charge in [-0.3, -0.25) is 0 Å². The summed E-state index contributed by atoms with van der Waals surface area (Å²) in [6.07, 6.45) is -3.16. The van der Waals surface area contributed by atoms with Gasteiger partial charge in [0.2, 0.25) is 0 Å². The Hall–Kier alpha value is -1.62. The molecule has 0 radical (unpaired) electrons. The summed E-state index contributed by atoms with van der Waals surface area (Å²) < 4.78 is 34.4. The Kier molecular flexibility index (Phi) is 2.35. The van der Waals surface area contributed by atoms with Gasteiger partial charge in [0.25, 0.3) is 0 Å². The Labute approximate surface area is 90.9 Å². The van der Waals surface area contributed by atoms with E-state index in [2.05, 4.69) is 16.1 Å². The Balaban J connectivity index is 2.59. The van der Waals surface area contributed by atoms with Crippen molar-refractivity contribution in [2.24, 2.45) is 0 Å². The smallest absolute Gasteiger partial charge is 0.395 e. The van der Waals surface area contributed by atoms with Crippen LogP contribution in [0.5, 0.6) is 11.5 Å². The van der Waals surface area contributed by atoms with Gasteiger partial charge in [-0.15, -0.1) is 8.78 Å². The molecule has 1 heterocycles. The fourth-order valence-electron chi connectivity index (χ4n) is 1.66. The van der Waals surface area contributed by atoms with Crippen molar-refractivity contribution in [2.75, 3.05) is 0 Å². The maximum atomic E-state index is 12.9. The average molecular weight is 228 g/mol. The van der Waals surface area contributed by atoms with Gasteiger partial charge in [0, 0.05) is 5.56 Å². The molecule has 16 heavy (non-hydrogen) atoms. The number of halogens is 2. The summed E-state index contributed by atoms with van der Waals surface area (Å²) in [6.45, 7) is 5.00. The second kappa shape index (κ2) is 3.45. The van der Waals surface area contributed by atoms with Crippen LogP contribution >= 0.6 is 0 Å². The third kappa shape index (κ3) is 1.63. The molecule has 1 aromatic rings. The van der Waals surface area contributed by atoms with E-state index in [-0.39, 0.29) is 17.1 Å². The zero-order valence-electron chi connectivity index (χ0n) is 8.54. The number of hydrogen-bond acceptors (Lipinski definition) is 3. The Morgan fingerprint density at radius 3 is 2.69 bits per heavy atom. The van der Waals surface area contributed by atoms with Gasteiger partial charge in [-0.2, -0.15) is 0 Å². The average Bonchev–Trinajstić information content (AvgIpc) is 2.49. The van der Waals surface area contributed by atoms with E-state index < -0.39 is 12.4 Å². The third-order valence-corrected chi connectivity index (χ3v) is 2.28. The highest BCUT2D eigenvalue weighted by Crippen LogP contribution is 2.46. The van der Waals surface area contributed by atoms with Gasteiger partial charge in [-0.05, 0) is 18.6 Å².